The first-order valence-corrected chi connectivity index (χ1v) is 8.28. The summed E-state index contributed by atoms with van der Waals surface area (Å²) >= 11 is 0. The Hall–Kier alpha value is -1.66. The van der Waals surface area contributed by atoms with Crippen LogP contribution in [0, 0.1) is 5.41 Å². The number of hydrogen-bond acceptors (Lipinski definition) is 4. The molecule has 132 valence electrons. The summed E-state index contributed by atoms with van der Waals surface area (Å²) in [4.78, 5) is 15.3. The Labute approximate surface area is 142 Å². The molecule has 2 heterocycles. The van der Waals surface area contributed by atoms with Crippen LogP contribution in [-0.2, 0) is 11.3 Å². The normalized spacial score (nSPS) is 26.5. The van der Waals surface area contributed by atoms with Crippen molar-refractivity contribution in [1.29, 1.82) is 0 Å². The van der Waals surface area contributed by atoms with E-state index < -0.39 is 29.5 Å². The van der Waals surface area contributed by atoms with E-state index >= 15 is 0 Å². The van der Waals surface area contributed by atoms with E-state index in [2.05, 4.69) is 0 Å². The Morgan fingerprint density at radius 2 is 1.92 bits per heavy atom. The fourth-order valence-corrected chi connectivity index (χ4v) is 3.50. The van der Waals surface area contributed by atoms with E-state index in [1.54, 1.807) is 25.7 Å². The lowest BCUT2D eigenvalue weighted by Gasteiger charge is -2.48. The molecule has 5 nitrogen and oxygen atoms in total. The van der Waals surface area contributed by atoms with Gasteiger partial charge < -0.3 is 14.7 Å². The molecule has 2 saturated heterocycles. The minimum atomic E-state index is -1.36. The Morgan fingerprint density at radius 3 is 2.50 bits per heavy atom. The molecule has 1 spiro atoms. The smallest absolute Gasteiger partial charge is 0.410 e. The number of benzene rings is 1. The lowest BCUT2D eigenvalue weighted by molar-refractivity contribution is -0.0697. The van der Waals surface area contributed by atoms with E-state index in [4.69, 9.17) is 4.74 Å². The molecule has 2 aliphatic heterocycles. The summed E-state index contributed by atoms with van der Waals surface area (Å²) in [5, 5.41) is 10.2. The third-order valence-electron chi connectivity index (χ3n) is 4.63. The Balaban J connectivity index is 1.61. The van der Waals surface area contributed by atoms with Crippen molar-refractivity contribution in [3.63, 3.8) is 0 Å². The average molecular weight is 336 g/mol. The van der Waals surface area contributed by atoms with Gasteiger partial charge in [0, 0.05) is 26.2 Å². The predicted molar refractivity (Wildman–Crippen MR) is 88.0 cm³/mol. The zero-order valence-corrected chi connectivity index (χ0v) is 14.4. The van der Waals surface area contributed by atoms with Gasteiger partial charge in [0.2, 0.25) is 0 Å². The molecule has 0 aromatic heterocycles. The van der Waals surface area contributed by atoms with Gasteiger partial charge >= 0.3 is 6.09 Å². The van der Waals surface area contributed by atoms with Gasteiger partial charge in [-0.15, -0.1) is 0 Å². The number of alkyl halides is 1. The number of ether oxygens (including phenoxy) is 1. The molecule has 1 N–H and O–H groups in total. The quantitative estimate of drug-likeness (QED) is 0.901. The summed E-state index contributed by atoms with van der Waals surface area (Å²) in [5.41, 5.74) is -0.224. The number of aliphatic hydroxyl groups excluding tert-OH is 1. The second kappa shape index (κ2) is 6.01. The zero-order chi connectivity index (χ0) is 17.5. The molecular weight excluding hydrogens is 311 g/mol. The van der Waals surface area contributed by atoms with Crippen molar-refractivity contribution >= 4 is 6.09 Å². The van der Waals surface area contributed by atoms with Crippen molar-refractivity contribution in [2.45, 2.75) is 45.3 Å². The first kappa shape index (κ1) is 17.2. The summed E-state index contributed by atoms with van der Waals surface area (Å²) in [6, 6.07) is 9.69. The van der Waals surface area contributed by atoms with Crippen LogP contribution in [0.3, 0.4) is 0 Å². The first-order chi connectivity index (χ1) is 11.2. The number of likely N-dealkylation sites (tertiary alicyclic amines) is 2. The van der Waals surface area contributed by atoms with E-state index in [0.29, 0.717) is 13.1 Å². The highest BCUT2D eigenvalue weighted by atomic mass is 19.1. The Bertz CT molecular complexity index is 596. The highest BCUT2D eigenvalue weighted by molar-refractivity contribution is 5.69. The molecule has 0 aliphatic carbocycles. The predicted octanol–water partition coefficient (Wildman–Crippen LogP) is 2.40. The van der Waals surface area contributed by atoms with Crippen LogP contribution in [0.25, 0.3) is 0 Å². The molecule has 0 radical (unpaired) electrons. The van der Waals surface area contributed by atoms with Crippen molar-refractivity contribution in [2.75, 3.05) is 19.6 Å². The minimum Gasteiger partial charge on any atom is -0.444 e. The molecule has 1 aromatic carbocycles. The summed E-state index contributed by atoms with van der Waals surface area (Å²) in [7, 11) is 0. The molecule has 2 fully saturated rings. The van der Waals surface area contributed by atoms with Crippen molar-refractivity contribution in [1.82, 2.24) is 9.80 Å². The summed E-state index contributed by atoms with van der Waals surface area (Å²) < 4.78 is 20.0. The van der Waals surface area contributed by atoms with Gasteiger partial charge in [0.05, 0.1) is 5.41 Å². The van der Waals surface area contributed by atoms with Crippen molar-refractivity contribution in [3.8, 4) is 0 Å². The number of amides is 1. The summed E-state index contributed by atoms with van der Waals surface area (Å²) in [5.74, 6) is 0. The molecule has 1 aromatic rings. The third kappa shape index (κ3) is 3.26. The Kier molecular flexibility index (Phi) is 4.30. The van der Waals surface area contributed by atoms with Gasteiger partial charge in [0.1, 0.15) is 18.0 Å². The fraction of sp³-hybridized carbons (Fsp3) is 0.611. The molecule has 2 atom stereocenters. The maximum Gasteiger partial charge on any atom is 0.410 e. The monoisotopic (exact) mass is 336 g/mol. The van der Waals surface area contributed by atoms with Crippen LogP contribution in [0.5, 0.6) is 0 Å². The van der Waals surface area contributed by atoms with Gasteiger partial charge in [-0.05, 0) is 26.3 Å². The van der Waals surface area contributed by atoms with Crippen LogP contribution in [0.15, 0.2) is 30.3 Å². The minimum absolute atomic E-state index is 0.283. The summed E-state index contributed by atoms with van der Waals surface area (Å²) in [6.45, 7) is 6.91. The van der Waals surface area contributed by atoms with Crippen LogP contribution in [0.1, 0.15) is 26.3 Å². The van der Waals surface area contributed by atoms with E-state index in [0.717, 1.165) is 5.56 Å². The second-order valence-corrected chi connectivity index (χ2v) is 7.90. The number of rotatable bonds is 2. The number of carbonyl (C=O) groups excluding carboxylic acids is 1. The van der Waals surface area contributed by atoms with E-state index in [1.807, 2.05) is 30.3 Å². The molecule has 0 bridgehead atoms. The van der Waals surface area contributed by atoms with Crippen LogP contribution in [0.4, 0.5) is 9.18 Å². The van der Waals surface area contributed by atoms with E-state index in [9.17, 15) is 14.3 Å². The molecular formula is C18H25FN2O3. The van der Waals surface area contributed by atoms with Gasteiger partial charge in [-0.1, -0.05) is 30.3 Å². The maximum absolute atomic E-state index is 14.7. The lowest BCUT2D eigenvalue weighted by Crippen LogP contribution is -2.63. The third-order valence-corrected chi connectivity index (χ3v) is 4.63. The number of halogens is 1. The number of aliphatic hydroxyl groups is 1. The van der Waals surface area contributed by atoms with Gasteiger partial charge in [0.15, 0.2) is 0 Å². The number of nitrogens with zero attached hydrogens (tertiary/aromatic N) is 2. The van der Waals surface area contributed by atoms with Crippen LogP contribution in [-0.4, -0.2) is 58.6 Å². The average Bonchev–Trinajstić information content (AvgIpc) is 2.70. The van der Waals surface area contributed by atoms with E-state index in [1.165, 1.54) is 4.90 Å². The zero-order valence-electron chi connectivity index (χ0n) is 14.4. The number of hydrogen-bond donors (Lipinski definition) is 1. The SMILES string of the molecule is CC(C)(C)OC(=O)N1CC2(C1)CN(Cc1ccccc1)C(O)C2F. The van der Waals surface area contributed by atoms with Crippen LogP contribution in [0.2, 0.25) is 0 Å². The van der Waals surface area contributed by atoms with Crippen molar-refractivity contribution < 1.29 is 19.0 Å². The van der Waals surface area contributed by atoms with Gasteiger partial charge in [0.25, 0.3) is 0 Å². The van der Waals surface area contributed by atoms with Crippen LogP contribution < -0.4 is 0 Å². The Morgan fingerprint density at radius 1 is 1.29 bits per heavy atom. The van der Waals surface area contributed by atoms with Crippen molar-refractivity contribution in [3.05, 3.63) is 35.9 Å². The molecule has 0 saturated carbocycles. The van der Waals surface area contributed by atoms with Crippen molar-refractivity contribution in [2.24, 2.45) is 5.41 Å². The molecule has 24 heavy (non-hydrogen) atoms. The largest absolute Gasteiger partial charge is 0.444 e. The highest BCUT2D eigenvalue weighted by Gasteiger charge is 2.60. The lowest BCUT2D eigenvalue weighted by atomic mass is 9.77. The van der Waals surface area contributed by atoms with E-state index in [-0.39, 0.29) is 13.1 Å². The molecule has 2 aliphatic rings. The van der Waals surface area contributed by atoms with Gasteiger partial charge in [-0.2, -0.15) is 0 Å². The molecule has 6 heteroatoms. The fourth-order valence-electron chi connectivity index (χ4n) is 3.50. The first-order valence-electron chi connectivity index (χ1n) is 8.28. The molecule has 3 rings (SSSR count). The molecule has 1 amide bonds. The number of carbonyl (C=O) groups is 1. The van der Waals surface area contributed by atoms with Gasteiger partial charge in [-0.25, -0.2) is 9.18 Å². The molecule has 2 unspecified atom stereocenters. The van der Waals surface area contributed by atoms with Crippen LogP contribution >= 0.6 is 0 Å². The second-order valence-electron chi connectivity index (χ2n) is 7.90. The standard InChI is InChI=1S/C18H25FN2O3/c1-17(2,3)24-16(23)21-11-18(12-21)10-20(15(22)14(18)19)9-13-7-5-4-6-8-13/h4-8,14-15,22H,9-12H2,1-3H3. The summed E-state index contributed by atoms with van der Waals surface area (Å²) in [6.07, 6.45) is -2.91. The highest BCUT2D eigenvalue weighted by Crippen LogP contribution is 2.44. The topological polar surface area (TPSA) is 53.0 Å². The maximum atomic E-state index is 14.7. The van der Waals surface area contributed by atoms with Gasteiger partial charge in [-0.3, -0.25) is 4.90 Å².